The van der Waals surface area contributed by atoms with Crippen LogP contribution in [0.15, 0.2) is 23.3 Å². The summed E-state index contributed by atoms with van der Waals surface area (Å²) in [6.07, 6.45) is 7.16. The van der Waals surface area contributed by atoms with Crippen molar-refractivity contribution in [2.45, 2.75) is 52.0 Å². The summed E-state index contributed by atoms with van der Waals surface area (Å²) in [6, 6.07) is 0. The number of hydrogen-bond acceptors (Lipinski definition) is 2. The van der Waals surface area contributed by atoms with Gasteiger partial charge in [0.15, 0.2) is 0 Å². The van der Waals surface area contributed by atoms with Gasteiger partial charge < -0.3 is 0 Å². The van der Waals surface area contributed by atoms with Crippen molar-refractivity contribution < 1.29 is 0 Å². The van der Waals surface area contributed by atoms with Gasteiger partial charge in [-0.3, -0.25) is 0 Å². The molecule has 0 radical (unpaired) electrons. The third-order valence-corrected chi connectivity index (χ3v) is 4.59. The molecule has 0 fully saturated rings. The van der Waals surface area contributed by atoms with Crippen LogP contribution in [0.4, 0.5) is 0 Å². The Bertz CT molecular complexity index is 219. The second-order valence-electron chi connectivity index (χ2n) is 4.11. The van der Waals surface area contributed by atoms with Crippen LogP contribution < -0.4 is 0 Å². The van der Waals surface area contributed by atoms with E-state index >= 15 is 0 Å². The minimum absolute atomic E-state index is 0.654. The maximum atomic E-state index is 2.45. The van der Waals surface area contributed by atoms with Crippen molar-refractivity contribution >= 4 is 23.5 Å². The zero-order valence-electron chi connectivity index (χ0n) is 11.4. The van der Waals surface area contributed by atoms with E-state index in [0.29, 0.717) is 4.58 Å². The summed E-state index contributed by atoms with van der Waals surface area (Å²) < 4.78 is 0.654. The predicted octanol–water partition coefficient (Wildman–Crippen LogP) is 5.51. The third kappa shape index (κ3) is 9.41. The van der Waals surface area contributed by atoms with Gasteiger partial charge in [0.1, 0.15) is 0 Å². The SMILES string of the molecule is CCSC(/C=C(\C)CCC=C(C)C)SCC. The molecule has 16 heavy (non-hydrogen) atoms. The average molecular weight is 258 g/mol. The maximum Gasteiger partial charge on any atom is 0.0684 e. The quantitative estimate of drug-likeness (QED) is 0.416. The molecule has 0 nitrogen and oxygen atoms in total. The third-order valence-electron chi connectivity index (χ3n) is 2.17. The molecule has 0 unspecified atom stereocenters. The molecule has 2 heteroatoms. The first-order valence-electron chi connectivity index (χ1n) is 6.14. The Hall–Kier alpha value is 0.180. The first-order valence-corrected chi connectivity index (χ1v) is 8.23. The van der Waals surface area contributed by atoms with Crippen LogP contribution in [0.2, 0.25) is 0 Å². The highest BCUT2D eigenvalue weighted by Gasteiger charge is 2.04. The van der Waals surface area contributed by atoms with Crippen LogP contribution in [0, 0.1) is 0 Å². The lowest BCUT2D eigenvalue weighted by Gasteiger charge is -2.11. The Morgan fingerprint density at radius 1 is 1.06 bits per heavy atom. The fraction of sp³-hybridized carbons (Fsp3) is 0.714. The molecule has 0 bridgehead atoms. The highest BCUT2D eigenvalue weighted by atomic mass is 32.2. The summed E-state index contributed by atoms with van der Waals surface area (Å²) in [7, 11) is 0. The summed E-state index contributed by atoms with van der Waals surface area (Å²) in [5.41, 5.74) is 2.96. The van der Waals surface area contributed by atoms with Gasteiger partial charge >= 0.3 is 0 Å². The van der Waals surface area contributed by atoms with E-state index in [1.54, 1.807) is 0 Å². The second kappa shape index (κ2) is 10.3. The van der Waals surface area contributed by atoms with Crippen molar-refractivity contribution in [3.05, 3.63) is 23.3 Å². The van der Waals surface area contributed by atoms with Crippen molar-refractivity contribution in [3.63, 3.8) is 0 Å². The summed E-state index contributed by atoms with van der Waals surface area (Å²) in [4.78, 5) is 0. The molecule has 94 valence electrons. The summed E-state index contributed by atoms with van der Waals surface area (Å²) >= 11 is 4.08. The molecule has 0 aliphatic carbocycles. The van der Waals surface area contributed by atoms with E-state index in [0.717, 1.165) is 0 Å². The van der Waals surface area contributed by atoms with Gasteiger partial charge in [-0.2, -0.15) is 0 Å². The van der Waals surface area contributed by atoms with Gasteiger partial charge in [0.05, 0.1) is 4.58 Å². The smallest absolute Gasteiger partial charge is 0.0684 e. The van der Waals surface area contributed by atoms with Crippen LogP contribution in [0.25, 0.3) is 0 Å². The maximum absolute atomic E-state index is 2.45. The molecule has 0 saturated heterocycles. The standard InChI is InChI=1S/C14H26S2/c1-6-15-14(16-7-2)11-13(5)10-8-9-12(3)4/h9,11,14H,6-8,10H2,1-5H3/b13-11+. The van der Waals surface area contributed by atoms with Crippen LogP contribution in [-0.4, -0.2) is 16.1 Å². The van der Waals surface area contributed by atoms with Crippen molar-refractivity contribution in [3.8, 4) is 0 Å². The van der Waals surface area contributed by atoms with Gasteiger partial charge in [0, 0.05) is 0 Å². The molecule has 0 aromatic rings. The normalized spacial score (nSPS) is 12.0. The lowest BCUT2D eigenvalue weighted by Crippen LogP contribution is -1.95. The fourth-order valence-electron chi connectivity index (χ4n) is 1.38. The molecular weight excluding hydrogens is 232 g/mol. The topological polar surface area (TPSA) is 0 Å². The molecule has 0 rings (SSSR count). The van der Waals surface area contributed by atoms with E-state index in [1.165, 1.54) is 35.5 Å². The fourth-order valence-corrected chi connectivity index (χ4v) is 3.89. The van der Waals surface area contributed by atoms with Crippen LogP contribution in [-0.2, 0) is 0 Å². The van der Waals surface area contributed by atoms with Gasteiger partial charge in [-0.25, -0.2) is 0 Å². The van der Waals surface area contributed by atoms with E-state index in [9.17, 15) is 0 Å². The molecule has 0 atom stereocenters. The Labute approximate surface area is 110 Å². The van der Waals surface area contributed by atoms with Crippen LogP contribution in [0.1, 0.15) is 47.5 Å². The number of rotatable bonds is 8. The Morgan fingerprint density at radius 2 is 1.62 bits per heavy atom. The molecule has 0 saturated carbocycles. The largest absolute Gasteiger partial charge is 0.144 e. The molecule has 0 heterocycles. The van der Waals surface area contributed by atoms with Crippen molar-refractivity contribution in [1.82, 2.24) is 0 Å². The highest BCUT2D eigenvalue weighted by molar-refractivity contribution is 8.17. The molecule has 0 aromatic carbocycles. The molecule has 0 aliphatic rings. The van der Waals surface area contributed by atoms with E-state index in [2.05, 4.69) is 46.8 Å². The average Bonchev–Trinajstić information content (AvgIpc) is 2.17. The van der Waals surface area contributed by atoms with Gasteiger partial charge in [-0.1, -0.05) is 37.1 Å². The number of allylic oxidation sites excluding steroid dienone is 3. The van der Waals surface area contributed by atoms with Gasteiger partial charge in [-0.15, -0.1) is 23.5 Å². The molecule has 0 amide bonds. The second-order valence-corrected chi connectivity index (χ2v) is 7.25. The van der Waals surface area contributed by atoms with E-state index in [1.807, 2.05) is 23.5 Å². The lowest BCUT2D eigenvalue weighted by molar-refractivity contribution is 0.963. The van der Waals surface area contributed by atoms with E-state index in [-0.39, 0.29) is 0 Å². The minimum Gasteiger partial charge on any atom is -0.144 e. The predicted molar refractivity (Wildman–Crippen MR) is 82.5 cm³/mol. The van der Waals surface area contributed by atoms with Crippen molar-refractivity contribution in [2.75, 3.05) is 11.5 Å². The molecule has 0 spiro atoms. The molecule has 0 aliphatic heterocycles. The van der Waals surface area contributed by atoms with Crippen LogP contribution >= 0.6 is 23.5 Å². The Balaban J connectivity index is 4.08. The van der Waals surface area contributed by atoms with E-state index < -0.39 is 0 Å². The summed E-state index contributed by atoms with van der Waals surface area (Å²) in [5.74, 6) is 2.41. The number of thioether (sulfide) groups is 2. The molecule has 0 N–H and O–H groups in total. The Kier molecular flexibility index (Phi) is 10.5. The zero-order chi connectivity index (χ0) is 12.4. The highest BCUT2D eigenvalue weighted by Crippen LogP contribution is 2.26. The van der Waals surface area contributed by atoms with Gasteiger partial charge in [0.25, 0.3) is 0 Å². The first-order chi connectivity index (χ1) is 7.60. The first kappa shape index (κ1) is 16.2. The monoisotopic (exact) mass is 258 g/mol. The zero-order valence-corrected chi connectivity index (χ0v) is 13.0. The van der Waals surface area contributed by atoms with Crippen molar-refractivity contribution in [2.24, 2.45) is 0 Å². The van der Waals surface area contributed by atoms with Gasteiger partial charge in [0.2, 0.25) is 0 Å². The molecular formula is C14H26S2. The van der Waals surface area contributed by atoms with Crippen molar-refractivity contribution in [1.29, 1.82) is 0 Å². The molecule has 0 aromatic heterocycles. The number of hydrogen-bond donors (Lipinski definition) is 0. The van der Waals surface area contributed by atoms with E-state index in [4.69, 9.17) is 0 Å². The minimum atomic E-state index is 0.654. The van der Waals surface area contributed by atoms with Crippen LogP contribution in [0.5, 0.6) is 0 Å². The van der Waals surface area contributed by atoms with Gasteiger partial charge in [-0.05, 0) is 45.1 Å². The summed E-state index contributed by atoms with van der Waals surface area (Å²) in [5, 5.41) is 0. The summed E-state index contributed by atoms with van der Waals surface area (Å²) in [6.45, 7) is 11.1. The lowest BCUT2D eigenvalue weighted by atomic mass is 10.1. The Morgan fingerprint density at radius 3 is 2.06 bits per heavy atom. The van der Waals surface area contributed by atoms with Crippen LogP contribution in [0.3, 0.4) is 0 Å².